The molecular formula is C27H22ClN5O3. The number of hydrogen-bond acceptors (Lipinski definition) is 5. The summed E-state index contributed by atoms with van der Waals surface area (Å²) in [6.45, 7) is 0.169. The zero-order valence-electron chi connectivity index (χ0n) is 19.4. The van der Waals surface area contributed by atoms with E-state index in [9.17, 15) is 14.4 Å². The molecule has 9 heteroatoms. The van der Waals surface area contributed by atoms with E-state index in [0.717, 1.165) is 5.56 Å². The number of nitrogens with one attached hydrogen (secondary N) is 1. The number of anilines is 1. The number of ketones is 1. The molecule has 4 aromatic rings. The van der Waals surface area contributed by atoms with Crippen molar-refractivity contribution < 1.29 is 14.4 Å². The van der Waals surface area contributed by atoms with Crippen molar-refractivity contribution in [1.82, 2.24) is 19.4 Å². The zero-order valence-corrected chi connectivity index (χ0v) is 20.1. The molecule has 36 heavy (non-hydrogen) atoms. The van der Waals surface area contributed by atoms with Crippen LogP contribution in [-0.4, -0.2) is 43.1 Å². The molecule has 1 aliphatic rings. The van der Waals surface area contributed by atoms with Gasteiger partial charge in [-0.15, -0.1) is 0 Å². The van der Waals surface area contributed by atoms with E-state index >= 15 is 0 Å². The number of carbonyl (C=O) groups excluding carboxylic acids is 3. The fourth-order valence-corrected chi connectivity index (χ4v) is 4.41. The van der Waals surface area contributed by atoms with Crippen LogP contribution in [0.5, 0.6) is 0 Å². The Hall–Kier alpha value is -4.30. The third kappa shape index (κ3) is 4.63. The first-order valence-electron chi connectivity index (χ1n) is 11.3. The smallest absolute Gasteiger partial charge is 0.256 e. The lowest BCUT2D eigenvalue weighted by Crippen LogP contribution is -2.46. The highest BCUT2D eigenvalue weighted by Gasteiger charge is 2.36. The Bertz CT molecular complexity index is 1450. The number of aryl methyl sites for hydroxylation is 1. The first-order valence-corrected chi connectivity index (χ1v) is 11.7. The largest absolute Gasteiger partial charge is 0.331 e. The molecule has 2 aromatic heterocycles. The lowest BCUT2D eigenvalue weighted by atomic mass is 10.0. The van der Waals surface area contributed by atoms with Crippen LogP contribution < -0.4 is 5.32 Å². The van der Waals surface area contributed by atoms with E-state index in [1.165, 1.54) is 0 Å². The van der Waals surface area contributed by atoms with Gasteiger partial charge in [-0.3, -0.25) is 19.4 Å². The van der Waals surface area contributed by atoms with Crippen molar-refractivity contribution in [2.45, 2.75) is 19.0 Å². The van der Waals surface area contributed by atoms with E-state index in [2.05, 4.69) is 15.3 Å². The van der Waals surface area contributed by atoms with Gasteiger partial charge in [0, 0.05) is 54.9 Å². The average molecular weight is 500 g/mol. The number of benzene rings is 2. The maximum atomic E-state index is 13.7. The first kappa shape index (κ1) is 23.4. The second-order valence-electron chi connectivity index (χ2n) is 8.54. The molecule has 0 saturated heterocycles. The maximum absolute atomic E-state index is 13.7. The Balaban J connectivity index is 1.47. The molecule has 0 fully saturated rings. The van der Waals surface area contributed by atoms with Gasteiger partial charge < -0.3 is 14.8 Å². The van der Waals surface area contributed by atoms with Crippen molar-refractivity contribution in [3.05, 3.63) is 112 Å². The SMILES string of the molecule is Cn1ccnc1C(=O)c1ccc(CN2C(=O)c3ccc(Cl)cc3NC(=O)[C@H]2Cc2ccccn2)cc1. The van der Waals surface area contributed by atoms with Crippen molar-refractivity contribution in [1.29, 1.82) is 0 Å². The summed E-state index contributed by atoms with van der Waals surface area (Å²) in [6, 6.07) is 16.5. The summed E-state index contributed by atoms with van der Waals surface area (Å²) in [5, 5.41) is 3.28. The van der Waals surface area contributed by atoms with Gasteiger partial charge in [-0.1, -0.05) is 41.9 Å². The number of nitrogens with zero attached hydrogens (tertiary/aromatic N) is 4. The molecule has 5 rings (SSSR count). The van der Waals surface area contributed by atoms with Crippen LogP contribution in [-0.2, 0) is 24.8 Å². The molecule has 0 bridgehead atoms. The molecule has 0 saturated carbocycles. The van der Waals surface area contributed by atoms with Crippen molar-refractivity contribution >= 4 is 34.9 Å². The summed E-state index contributed by atoms with van der Waals surface area (Å²) in [7, 11) is 1.76. The third-order valence-electron chi connectivity index (χ3n) is 6.13. The highest BCUT2D eigenvalue weighted by molar-refractivity contribution is 6.31. The lowest BCUT2D eigenvalue weighted by molar-refractivity contribution is -0.120. The second kappa shape index (κ2) is 9.75. The minimum Gasteiger partial charge on any atom is -0.331 e. The van der Waals surface area contributed by atoms with Crippen molar-refractivity contribution in [2.24, 2.45) is 7.05 Å². The van der Waals surface area contributed by atoms with E-state index in [1.807, 2.05) is 12.1 Å². The van der Waals surface area contributed by atoms with Crippen LogP contribution in [0.2, 0.25) is 5.02 Å². The van der Waals surface area contributed by atoms with E-state index in [0.29, 0.717) is 33.4 Å². The van der Waals surface area contributed by atoms with Crippen LogP contribution >= 0.6 is 11.6 Å². The van der Waals surface area contributed by atoms with Gasteiger partial charge >= 0.3 is 0 Å². The Kier molecular flexibility index (Phi) is 6.35. The van der Waals surface area contributed by atoms with E-state index in [4.69, 9.17) is 11.6 Å². The summed E-state index contributed by atoms with van der Waals surface area (Å²) >= 11 is 6.13. The summed E-state index contributed by atoms with van der Waals surface area (Å²) in [6.07, 6.45) is 5.19. The predicted octanol–water partition coefficient (Wildman–Crippen LogP) is 3.91. The number of imidazole rings is 1. The molecule has 1 N–H and O–H groups in total. The molecular weight excluding hydrogens is 478 g/mol. The molecule has 2 amide bonds. The van der Waals surface area contributed by atoms with Crippen LogP contribution in [0, 0.1) is 0 Å². The van der Waals surface area contributed by atoms with Crippen molar-refractivity contribution in [3.63, 3.8) is 0 Å². The van der Waals surface area contributed by atoms with Crippen LogP contribution in [0.25, 0.3) is 0 Å². The van der Waals surface area contributed by atoms with Gasteiger partial charge in [-0.05, 0) is 35.9 Å². The van der Waals surface area contributed by atoms with Crippen LogP contribution in [0.3, 0.4) is 0 Å². The highest BCUT2D eigenvalue weighted by Crippen LogP contribution is 2.28. The minimum atomic E-state index is -0.799. The Labute approximate surface area is 212 Å². The number of fused-ring (bicyclic) bond motifs is 1. The maximum Gasteiger partial charge on any atom is 0.256 e. The van der Waals surface area contributed by atoms with E-state index in [-0.39, 0.29) is 30.6 Å². The van der Waals surface area contributed by atoms with Gasteiger partial charge in [0.05, 0.1) is 11.3 Å². The third-order valence-corrected chi connectivity index (χ3v) is 6.37. The normalized spacial score (nSPS) is 15.3. The second-order valence-corrected chi connectivity index (χ2v) is 8.98. The average Bonchev–Trinajstić information content (AvgIpc) is 3.28. The van der Waals surface area contributed by atoms with Crippen LogP contribution in [0.1, 0.15) is 37.8 Å². The number of amides is 2. The number of rotatable bonds is 6. The van der Waals surface area contributed by atoms with Crippen molar-refractivity contribution in [3.8, 4) is 0 Å². The summed E-state index contributed by atoms with van der Waals surface area (Å²) in [4.78, 5) is 49.8. The molecule has 1 aliphatic heterocycles. The molecule has 0 radical (unpaired) electrons. The van der Waals surface area contributed by atoms with Crippen molar-refractivity contribution in [2.75, 3.05) is 5.32 Å². The molecule has 8 nitrogen and oxygen atoms in total. The molecule has 2 aromatic carbocycles. The molecule has 0 spiro atoms. The van der Waals surface area contributed by atoms with Gasteiger partial charge in [-0.2, -0.15) is 0 Å². The number of halogens is 1. The van der Waals surface area contributed by atoms with Gasteiger partial charge in [-0.25, -0.2) is 4.98 Å². The number of aromatic nitrogens is 3. The summed E-state index contributed by atoms with van der Waals surface area (Å²) in [5.41, 5.74) is 2.68. The monoisotopic (exact) mass is 499 g/mol. The van der Waals surface area contributed by atoms with Gasteiger partial charge in [0.25, 0.3) is 5.91 Å². The number of carbonyl (C=O) groups is 3. The predicted molar refractivity (Wildman–Crippen MR) is 135 cm³/mol. The van der Waals surface area contributed by atoms with Gasteiger partial charge in [0.1, 0.15) is 6.04 Å². The fourth-order valence-electron chi connectivity index (χ4n) is 4.23. The Morgan fingerprint density at radius 1 is 1.03 bits per heavy atom. The molecule has 3 heterocycles. The summed E-state index contributed by atoms with van der Waals surface area (Å²) in [5.74, 6) is -0.475. The first-order chi connectivity index (χ1) is 17.4. The lowest BCUT2D eigenvalue weighted by Gasteiger charge is -2.28. The fraction of sp³-hybridized carbons (Fsp3) is 0.148. The number of hydrogen-bond donors (Lipinski definition) is 1. The zero-order chi connectivity index (χ0) is 25.2. The molecule has 0 aliphatic carbocycles. The molecule has 1 atom stereocenters. The molecule has 180 valence electrons. The Morgan fingerprint density at radius 2 is 1.83 bits per heavy atom. The van der Waals surface area contributed by atoms with Gasteiger partial charge in [0.2, 0.25) is 11.7 Å². The Morgan fingerprint density at radius 3 is 2.53 bits per heavy atom. The van der Waals surface area contributed by atoms with Gasteiger partial charge in [0.15, 0.2) is 5.82 Å². The summed E-state index contributed by atoms with van der Waals surface area (Å²) < 4.78 is 1.66. The molecule has 0 unspecified atom stereocenters. The number of pyridine rings is 1. The van der Waals surface area contributed by atoms with E-state index < -0.39 is 6.04 Å². The minimum absolute atomic E-state index is 0.169. The van der Waals surface area contributed by atoms with E-state index in [1.54, 1.807) is 83.6 Å². The van der Waals surface area contributed by atoms with Crippen LogP contribution in [0.15, 0.2) is 79.3 Å². The quantitative estimate of drug-likeness (QED) is 0.406. The standard InChI is InChI=1S/C27H22ClN5O3/c1-32-13-12-30-25(32)24(34)18-7-5-17(6-8-18)16-33-23(15-20-4-2-3-11-29-20)26(35)31-22-14-19(28)9-10-21(22)27(33)36/h2-14,23H,15-16H2,1H3,(H,31,35)/t23-/m1/s1. The highest BCUT2D eigenvalue weighted by atomic mass is 35.5. The van der Waals surface area contributed by atoms with Crippen LogP contribution in [0.4, 0.5) is 5.69 Å². The topological polar surface area (TPSA) is 97.2 Å².